The molecule has 1 heterocycles. The fourth-order valence-electron chi connectivity index (χ4n) is 1.81. The molecule has 20 heavy (non-hydrogen) atoms. The normalized spacial score (nSPS) is 11.2. The summed E-state index contributed by atoms with van der Waals surface area (Å²) < 4.78 is 0. The molecule has 0 saturated heterocycles. The zero-order valence-corrected chi connectivity index (χ0v) is 11.8. The van der Waals surface area contributed by atoms with Crippen LogP contribution >= 0.6 is 0 Å². The number of nitrogens with zero attached hydrogens (tertiary/aromatic N) is 1. The smallest absolute Gasteiger partial charge is 0.187 e. The largest absolute Gasteiger partial charge is 0.359 e. The highest BCUT2D eigenvalue weighted by Crippen LogP contribution is 2.14. The van der Waals surface area contributed by atoms with E-state index in [-0.39, 0.29) is 5.78 Å². The fraction of sp³-hybridized carbons (Fsp3) is 0.176. The summed E-state index contributed by atoms with van der Waals surface area (Å²) in [6.07, 6.45) is 5.67. The number of ketones is 1. The maximum Gasteiger partial charge on any atom is 0.187 e. The van der Waals surface area contributed by atoms with Gasteiger partial charge in [-0.1, -0.05) is 24.6 Å². The van der Waals surface area contributed by atoms with Crippen molar-refractivity contribution in [1.29, 1.82) is 0 Å². The molecule has 102 valence electrons. The van der Waals surface area contributed by atoms with Crippen molar-refractivity contribution in [1.82, 2.24) is 4.98 Å². The quantitative estimate of drug-likeness (QED) is 0.657. The van der Waals surface area contributed by atoms with Crippen LogP contribution in [0.1, 0.15) is 29.3 Å². The standard InChI is InChI=1S/C17H18N2O/c1-3-15(19-16-6-4-13(2)5-7-16)12-17(20)14-8-10-18-11-9-14/h4-12,19H,3H2,1-2H3/b15-12-. The maximum absolute atomic E-state index is 12.1. The van der Waals surface area contributed by atoms with Crippen LogP contribution in [0, 0.1) is 6.92 Å². The molecule has 2 rings (SSSR count). The van der Waals surface area contributed by atoms with Gasteiger partial charge in [-0.05, 0) is 37.6 Å². The van der Waals surface area contributed by atoms with Gasteiger partial charge in [0, 0.05) is 35.4 Å². The number of allylic oxidation sites excluding steroid dienone is 2. The van der Waals surface area contributed by atoms with Gasteiger partial charge >= 0.3 is 0 Å². The summed E-state index contributed by atoms with van der Waals surface area (Å²) >= 11 is 0. The number of carbonyl (C=O) groups is 1. The van der Waals surface area contributed by atoms with Crippen LogP contribution in [0.2, 0.25) is 0 Å². The summed E-state index contributed by atoms with van der Waals surface area (Å²) in [4.78, 5) is 16.0. The molecule has 2 aromatic rings. The lowest BCUT2D eigenvalue weighted by atomic mass is 10.1. The molecule has 0 atom stereocenters. The van der Waals surface area contributed by atoms with Crippen LogP contribution < -0.4 is 5.32 Å². The lowest BCUT2D eigenvalue weighted by Crippen LogP contribution is -2.03. The molecule has 0 aliphatic heterocycles. The Bertz CT molecular complexity index is 601. The van der Waals surface area contributed by atoms with Crippen molar-refractivity contribution < 1.29 is 4.79 Å². The summed E-state index contributed by atoms with van der Waals surface area (Å²) in [5.41, 5.74) is 3.75. The highest BCUT2D eigenvalue weighted by molar-refractivity contribution is 6.05. The molecule has 3 nitrogen and oxygen atoms in total. The van der Waals surface area contributed by atoms with E-state index in [0.29, 0.717) is 5.56 Å². The van der Waals surface area contributed by atoms with Gasteiger partial charge in [-0.3, -0.25) is 9.78 Å². The Morgan fingerprint density at radius 2 is 1.80 bits per heavy atom. The first kappa shape index (κ1) is 14.0. The van der Waals surface area contributed by atoms with Crippen molar-refractivity contribution in [3.05, 3.63) is 71.7 Å². The summed E-state index contributed by atoms with van der Waals surface area (Å²) in [6.45, 7) is 4.07. The number of pyridine rings is 1. The Kier molecular flexibility index (Phi) is 4.66. The lowest BCUT2D eigenvalue weighted by molar-refractivity contribution is 0.104. The van der Waals surface area contributed by atoms with Gasteiger partial charge in [-0.15, -0.1) is 0 Å². The molecule has 0 amide bonds. The monoisotopic (exact) mass is 266 g/mol. The molecule has 0 aliphatic rings. The minimum absolute atomic E-state index is 0.0103. The molecule has 0 unspecified atom stereocenters. The predicted molar refractivity (Wildman–Crippen MR) is 81.7 cm³/mol. The molecule has 1 aromatic carbocycles. The molecule has 0 spiro atoms. The lowest BCUT2D eigenvalue weighted by Gasteiger charge is -2.09. The van der Waals surface area contributed by atoms with Crippen LogP contribution in [0.15, 0.2) is 60.6 Å². The predicted octanol–water partition coefficient (Wildman–Crippen LogP) is 3.98. The highest BCUT2D eigenvalue weighted by Gasteiger charge is 2.04. The van der Waals surface area contributed by atoms with E-state index < -0.39 is 0 Å². The molecule has 0 radical (unpaired) electrons. The molecule has 0 saturated carbocycles. The zero-order valence-electron chi connectivity index (χ0n) is 11.8. The van der Waals surface area contributed by atoms with E-state index in [1.54, 1.807) is 30.6 Å². The van der Waals surface area contributed by atoms with E-state index >= 15 is 0 Å². The second kappa shape index (κ2) is 6.66. The molecular weight excluding hydrogens is 248 g/mol. The topological polar surface area (TPSA) is 42.0 Å². The number of rotatable bonds is 5. The Labute approximate surface area is 119 Å². The van der Waals surface area contributed by atoms with Crippen LogP contribution in [0.3, 0.4) is 0 Å². The van der Waals surface area contributed by atoms with E-state index in [1.807, 2.05) is 38.1 Å². The number of nitrogens with one attached hydrogen (secondary N) is 1. The van der Waals surface area contributed by atoms with Gasteiger partial charge in [0.25, 0.3) is 0 Å². The first-order valence-corrected chi connectivity index (χ1v) is 6.67. The van der Waals surface area contributed by atoms with Crippen LogP contribution in [0.4, 0.5) is 5.69 Å². The maximum atomic E-state index is 12.1. The minimum Gasteiger partial charge on any atom is -0.359 e. The van der Waals surface area contributed by atoms with Gasteiger partial charge in [0.15, 0.2) is 5.78 Å². The number of carbonyl (C=O) groups excluding carboxylic acids is 1. The zero-order chi connectivity index (χ0) is 14.4. The Balaban J connectivity index is 2.13. The summed E-state index contributed by atoms with van der Waals surface area (Å²) in [6, 6.07) is 11.5. The molecule has 0 fully saturated rings. The Hall–Kier alpha value is -2.42. The van der Waals surface area contributed by atoms with Crippen molar-refractivity contribution in [2.45, 2.75) is 20.3 Å². The first-order chi connectivity index (χ1) is 9.69. The number of hydrogen-bond donors (Lipinski definition) is 1. The highest BCUT2D eigenvalue weighted by atomic mass is 16.1. The van der Waals surface area contributed by atoms with Crippen molar-refractivity contribution in [2.75, 3.05) is 5.32 Å². The number of aryl methyl sites for hydroxylation is 1. The minimum atomic E-state index is -0.0103. The van der Waals surface area contributed by atoms with E-state index in [9.17, 15) is 4.79 Å². The molecule has 0 aliphatic carbocycles. The summed E-state index contributed by atoms with van der Waals surface area (Å²) in [5.74, 6) is -0.0103. The Morgan fingerprint density at radius 1 is 1.15 bits per heavy atom. The number of anilines is 1. The van der Waals surface area contributed by atoms with Gasteiger partial charge in [0.05, 0.1) is 0 Å². The molecule has 0 bridgehead atoms. The second-order valence-corrected chi connectivity index (χ2v) is 4.61. The van der Waals surface area contributed by atoms with E-state index in [4.69, 9.17) is 0 Å². The SMILES string of the molecule is CC/C(=C/C(=O)c1ccncc1)Nc1ccc(C)cc1. The van der Waals surface area contributed by atoms with Crippen LogP contribution in [0.5, 0.6) is 0 Å². The van der Waals surface area contributed by atoms with Gasteiger partial charge in [0.1, 0.15) is 0 Å². The van der Waals surface area contributed by atoms with Gasteiger partial charge in [0.2, 0.25) is 0 Å². The third-order valence-electron chi connectivity index (χ3n) is 3.01. The Morgan fingerprint density at radius 3 is 2.40 bits per heavy atom. The molecule has 1 aromatic heterocycles. The molecule has 3 heteroatoms. The van der Waals surface area contributed by atoms with Crippen LogP contribution in [0.25, 0.3) is 0 Å². The van der Waals surface area contributed by atoms with Crippen molar-refractivity contribution >= 4 is 11.5 Å². The average Bonchev–Trinajstić information content (AvgIpc) is 2.49. The summed E-state index contributed by atoms with van der Waals surface area (Å²) in [7, 11) is 0. The van der Waals surface area contributed by atoms with Gasteiger partial charge in [-0.2, -0.15) is 0 Å². The molecular formula is C17H18N2O. The summed E-state index contributed by atoms with van der Waals surface area (Å²) in [5, 5.41) is 3.28. The molecule has 1 N–H and O–H groups in total. The fourth-order valence-corrected chi connectivity index (χ4v) is 1.81. The third-order valence-corrected chi connectivity index (χ3v) is 3.01. The second-order valence-electron chi connectivity index (χ2n) is 4.61. The first-order valence-electron chi connectivity index (χ1n) is 6.67. The van der Waals surface area contributed by atoms with Crippen LogP contribution in [-0.2, 0) is 0 Å². The van der Waals surface area contributed by atoms with Crippen molar-refractivity contribution in [3.8, 4) is 0 Å². The number of hydrogen-bond acceptors (Lipinski definition) is 3. The number of aromatic nitrogens is 1. The van der Waals surface area contributed by atoms with Crippen molar-refractivity contribution in [2.24, 2.45) is 0 Å². The third kappa shape index (κ3) is 3.79. The van der Waals surface area contributed by atoms with Crippen LogP contribution in [-0.4, -0.2) is 10.8 Å². The van der Waals surface area contributed by atoms with Crippen molar-refractivity contribution in [3.63, 3.8) is 0 Å². The van der Waals surface area contributed by atoms with Gasteiger partial charge in [-0.25, -0.2) is 0 Å². The van der Waals surface area contributed by atoms with E-state index in [2.05, 4.69) is 10.3 Å². The average molecular weight is 266 g/mol. The van der Waals surface area contributed by atoms with E-state index in [1.165, 1.54) is 5.56 Å². The van der Waals surface area contributed by atoms with Gasteiger partial charge < -0.3 is 5.32 Å². The number of benzene rings is 1. The van der Waals surface area contributed by atoms with E-state index in [0.717, 1.165) is 17.8 Å².